The highest BCUT2D eigenvalue weighted by atomic mass is 35.5. The van der Waals surface area contributed by atoms with Gasteiger partial charge in [0.25, 0.3) is 0 Å². The Hall–Kier alpha value is -0.0900. The van der Waals surface area contributed by atoms with Crippen LogP contribution >= 0.6 is 22.9 Å². The maximum Gasteiger partial charge on any atom is 0.0931 e. The maximum absolute atomic E-state index is 5.98. The molecule has 2 nitrogen and oxygen atoms in total. The summed E-state index contributed by atoms with van der Waals surface area (Å²) in [5.41, 5.74) is 0.341. The zero-order valence-electron chi connectivity index (χ0n) is 10.8. The molecule has 1 saturated heterocycles. The van der Waals surface area contributed by atoms with Gasteiger partial charge in [0.05, 0.1) is 4.34 Å². The van der Waals surface area contributed by atoms with Crippen molar-refractivity contribution in [1.29, 1.82) is 0 Å². The van der Waals surface area contributed by atoms with E-state index in [1.165, 1.54) is 11.3 Å². The van der Waals surface area contributed by atoms with Gasteiger partial charge in [-0.1, -0.05) is 25.4 Å². The molecule has 1 aromatic heterocycles. The molecule has 0 saturated carbocycles. The van der Waals surface area contributed by atoms with Crippen LogP contribution in [-0.4, -0.2) is 31.1 Å². The molecule has 1 unspecified atom stereocenters. The van der Waals surface area contributed by atoms with E-state index in [1.807, 2.05) is 6.07 Å². The first-order valence-corrected chi connectivity index (χ1v) is 7.34. The topological polar surface area (TPSA) is 15.3 Å². The number of halogens is 1. The normalized spacial score (nSPS) is 24.2. The smallest absolute Gasteiger partial charge is 0.0931 e. The van der Waals surface area contributed by atoms with Crippen molar-refractivity contribution >= 4 is 22.9 Å². The minimum absolute atomic E-state index is 0.341. The molecule has 4 heteroatoms. The molecular weight excluding hydrogens is 252 g/mol. The molecule has 1 aliphatic heterocycles. The summed E-state index contributed by atoms with van der Waals surface area (Å²) in [6, 6.07) is 4.77. The van der Waals surface area contributed by atoms with Crippen LogP contribution in [0.2, 0.25) is 4.34 Å². The lowest BCUT2D eigenvalue weighted by atomic mass is 9.79. The van der Waals surface area contributed by atoms with Gasteiger partial charge in [-0.2, -0.15) is 0 Å². The Bertz CT molecular complexity index is 375. The molecule has 17 heavy (non-hydrogen) atoms. The molecule has 1 fully saturated rings. The Morgan fingerprint density at radius 2 is 2.29 bits per heavy atom. The van der Waals surface area contributed by atoms with Crippen molar-refractivity contribution in [2.45, 2.75) is 32.9 Å². The second kappa shape index (κ2) is 5.27. The van der Waals surface area contributed by atoms with Crippen LogP contribution in [0.4, 0.5) is 0 Å². The van der Waals surface area contributed by atoms with E-state index in [9.17, 15) is 0 Å². The summed E-state index contributed by atoms with van der Waals surface area (Å²) in [6.45, 7) is 7.94. The fourth-order valence-electron chi connectivity index (χ4n) is 2.77. The highest BCUT2D eigenvalue weighted by Crippen LogP contribution is 2.31. The zero-order chi connectivity index (χ0) is 12.5. The molecule has 0 amide bonds. The molecule has 1 aromatic rings. The number of hydrogen-bond donors (Lipinski definition) is 1. The number of rotatable bonds is 3. The molecule has 1 aliphatic rings. The second-order valence-electron chi connectivity index (χ2n) is 5.59. The third-order valence-electron chi connectivity index (χ3n) is 3.64. The van der Waals surface area contributed by atoms with Gasteiger partial charge in [0.2, 0.25) is 0 Å². The summed E-state index contributed by atoms with van der Waals surface area (Å²) in [7, 11) is 2.23. The average molecular weight is 273 g/mol. The van der Waals surface area contributed by atoms with E-state index in [-0.39, 0.29) is 0 Å². The molecule has 1 atom stereocenters. The van der Waals surface area contributed by atoms with Crippen LogP contribution in [0.15, 0.2) is 12.1 Å². The maximum atomic E-state index is 5.98. The highest BCUT2D eigenvalue weighted by Gasteiger charge is 2.34. The molecule has 0 spiro atoms. The predicted octanol–water partition coefficient (Wildman–Crippen LogP) is 3.22. The van der Waals surface area contributed by atoms with Crippen LogP contribution in [0.5, 0.6) is 0 Å². The van der Waals surface area contributed by atoms with Crippen molar-refractivity contribution in [3.63, 3.8) is 0 Å². The van der Waals surface area contributed by atoms with Gasteiger partial charge in [0.1, 0.15) is 0 Å². The first-order valence-electron chi connectivity index (χ1n) is 6.14. The molecule has 0 aromatic carbocycles. The van der Waals surface area contributed by atoms with Crippen molar-refractivity contribution in [3.05, 3.63) is 21.3 Å². The summed E-state index contributed by atoms with van der Waals surface area (Å²) < 4.78 is 0.887. The molecule has 2 heterocycles. The van der Waals surface area contributed by atoms with Crippen molar-refractivity contribution < 1.29 is 0 Å². The molecule has 0 bridgehead atoms. The SMILES string of the molecule is CN(Cc1ccc(Cl)s1)C1CCNCC1(C)C. The lowest BCUT2D eigenvalue weighted by molar-refractivity contribution is 0.0752. The predicted molar refractivity (Wildman–Crippen MR) is 75.9 cm³/mol. The molecule has 0 radical (unpaired) electrons. The summed E-state index contributed by atoms with van der Waals surface area (Å²) in [5, 5.41) is 3.48. The van der Waals surface area contributed by atoms with Gasteiger partial charge in [0.15, 0.2) is 0 Å². The Labute approximate surface area is 113 Å². The average Bonchev–Trinajstić information content (AvgIpc) is 2.63. The van der Waals surface area contributed by atoms with E-state index >= 15 is 0 Å². The first-order chi connectivity index (χ1) is 7.99. The largest absolute Gasteiger partial charge is 0.316 e. The molecule has 0 aliphatic carbocycles. The van der Waals surface area contributed by atoms with E-state index < -0.39 is 0 Å². The number of nitrogens with zero attached hydrogens (tertiary/aromatic N) is 1. The Morgan fingerprint density at radius 3 is 2.88 bits per heavy atom. The summed E-state index contributed by atoms with van der Waals surface area (Å²) in [6.07, 6.45) is 1.22. The minimum atomic E-state index is 0.341. The first kappa shape index (κ1) is 13.3. The van der Waals surface area contributed by atoms with Gasteiger partial charge in [-0.15, -0.1) is 11.3 Å². The second-order valence-corrected chi connectivity index (χ2v) is 7.39. The van der Waals surface area contributed by atoms with Gasteiger partial charge in [-0.25, -0.2) is 0 Å². The van der Waals surface area contributed by atoms with Crippen LogP contribution in [0, 0.1) is 5.41 Å². The van der Waals surface area contributed by atoms with Crippen molar-refractivity contribution in [1.82, 2.24) is 10.2 Å². The summed E-state index contributed by atoms with van der Waals surface area (Å²) in [5.74, 6) is 0. The molecular formula is C13H21ClN2S. The Morgan fingerprint density at radius 1 is 1.53 bits per heavy atom. The fourth-order valence-corrected chi connectivity index (χ4v) is 3.92. The van der Waals surface area contributed by atoms with Gasteiger partial charge < -0.3 is 5.32 Å². The standard InChI is InChI=1S/C13H21ClN2S/c1-13(2)9-15-7-6-11(13)16(3)8-10-4-5-12(14)17-10/h4-5,11,15H,6-9H2,1-3H3. The van der Waals surface area contributed by atoms with Crippen LogP contribution < -0.4 is 5.32 Å². The summed E-state index contributed by atoms with van der Waals surface area (Å²) >= 11 is 7.66. The van der Waals surface area contributed by atoms with E-state index in [0.29, 0.717) is 11.5 Å². The van der Waals surface area contributed by atoms with E-state index in [0.717, 1.165) is 24.0 Å². The monoisotopic (exact) mass is 272 g/mol. The fraction of sp³-hybridized carbons (Fsp3) is 0.692. The molecule has 96 valence electrons. The lowest BCUT2D eigenvalue weighted by Gasteiger charge is -2.44. The quantitative estimate of drug-likeness (QED) is 0.909. The van der Waals surface area contributed by atoms with Crippen molar-refractivity contribution in [2.24, 2.45) is 5.41 Å². The van der Waals surface area contributed by atoms with Crippen LogP contribution in [-0.2, 0) is 6.54 Å². The third kappa shape index (κ3) is 3.22. The van der Waals surface area contributed by atoms with E-state index in [4.69, 9.17) is 11.6 Å². The van der Waals surface area contributed by atoms with Crippen molar-refractivity contribution in [3.8, 4) is 0 Å². The van der Waals surface area contributed by atoms with Crippen LogP contribution in [0.1, 0.15) is 25.1 Å². The van der Waals surface area contributed by atoms with Crippen LogP contribution in [0.3, 0.4) is 0 Å². The number of nitrogens with one attached hydrogen (secondary N) is 1. The number of thiophene rings is 1. The molecule has 2 rings (SSSR count). The van der Waals surface area contributed by atoms with E-state index in [2.05, 4.69) is 37.2 Å². The highest BCUT2D eigenvalue weighted by molar-refractivity contribution is 7.16. The summed E-state index contributed by atoms with van der Waals surface area (Å²) in [4.78, 5) is 3.83. The van der Waals surface area contributed by atoms with Gasteiger partial charge >= 0.3 is 0 Å². The lowest BCUT2D eigenvalue weighted by Crippen LogP contribution is -2.53. The molecule has 1 N–H and O–H groups in total. The third-order valence-corrected chi connectivity index (χ3v) is 4.86. The van der Waals surface area contributed by atoms with E-state index in [1.54, 1.807) is 11.3 Å². The Kier molecular flexibility index (Phi) is 4.14. The Balaban J connectivity index is 2.01. The van der Waals surface area contributed by atoms with Gasteiger partial charge in [-0.05, 0) is 37.6 Å². The number of piperidine rings is 1. The van der Waals surface area contributed by atoms with Gasteiger partial charge in [0, 0.05) is 24.0 Å². The zero-order valence-corrected chi connectivity index (χ0v) is 12.4. The number of hydrogen-bond acceptors (Lipinski definition) is 3. The van der Waals surface area contributed by atoms with Gasteiger partial charge in [-0.3, -0.25) is 4.90 Å². The van der Waals surface area contributed by atoms with Crippen LogP contribution in [0.25, 0.3) is 0 Å². The minimum Gasteiger partial charge on any atom is -0.316 e. The van der Waals surface area contributed by atoms with Crippen molar-refractivity contribution in [2.75, 3.05) is 20.1 Å².